The summed E-state index contributed by atoms with van der Waals surface area (Å²) in [6, 6.07) is 0. The van der Waals surface area contributed by atoms with Crippen LogP contribution >= 0.6 is 0 Å². The fraction of sp³-hybridized carbons (Fsp3) is 0.500. The Morgan fingerprint density at radius 1 is 0.846 bits per heavy atom. The van der Waals surface area contributed by atoms with Crippen molar-refractivity contribution in [2.75, 3.05) is 0 Å². The van der Waals surface area contributed by atoms with Crippen molar-refractivity contribution < 1.29 is 40.2 Å². The SMILES string of the molecule is O=C([O-])C(O)(O)C(O)(O)C(=O)[O-].[Ca+2]. The molecule has 0 aliphatic heterocycles. The number of carboxylic acids is 2. The van der Waals surface area contributed by atoms with Crippen molar-refractivity contribution in [2.45, 2.75) is 11.6 Å². The van der Waals surface area contributed by atoms with E-state index in [1.165, 1.54) is 0 Å². The number of hydrogen-bond donors (Lipinski definition) is 4. The average Bonchev–Trinajstić information content (AvgIpc) is 1.86. The molecule has 0 saturated heterocycles. The van der Waals surface area contributed by atoms with E-state index in [2.05, 4.69) is 0 Å². The van der Waals surface area contributed by atoms with Crippen molar-refractivity contribution in [2.24, 2.45) is 0 Å². The summed E-state index contributed by atoms with van der Waals surface area (Å²) in [5, 5.41) is 52.6. The Balaban J connectivity index is 0. The minimum atomic E-state index is -4.33. The van der Waals surface area contributed by atoms with E-state index in [0.29, 0.717) is 0 Å². The molecular weight excluding hydrogens is 216 g/mol. The van der Waals surface area contributed by atoms with Crippen LogP contribution in [0.5, 0.6) is 0 Å². The number of aliphatic carboxylic acids is 2. The van der Waals surface area contributed by atoms with Gasteiger partial charge in [0.25, 0.3) is 11.6 Å². The standard InChI is InChI=1S/C4H6O8.Ca/c5-1(6)3(9,10)4(11,12)2(7)8;/h9-12H,(H,5,6)(H,7,8);/q;+2/p-2. The van der Waals surface area contributed by atoms with Crippen LogP contribution in [-0.4, -0.2) is 81.7 Å². The van der Waals surface area contributed by atoms with Crippen LogP contribution in [0.25, 0.3) is 0 Å². The first kappa shape index (κ1) is 15.5. The zero-order valence-corrected chi connectivity index (χ0v) is 8.34. The quantitative estimate of drug-likeness (QED) is 0.269. The van der Waals surface area contributed by atoms with Crippen LogP contribution in [0.4, 0.5) is 0 Å². The van der Waals surface area contributed by atoms with Crippen molar-refractivity contribution >= 4 is 49.7 Å². The van der Waals surface area contributed by atoms with Gasteiger partial charge in [0.2, 0.25) is 0 Å². The Hall–Kier alpha value is 0.0397. The molecule has 0 amide bonds. The zero-order valence-electron chi connectivity index (χ0n) is 6.13. The summed E-state index contributed by atoms with van der Waals surface area (Å²) < 4.78 is 0. The van der Waals surface area contributed by atoms with Gasteiger partial charge in [-0.1, -0.05) is 0 Å². The molecule has 0 fully saturated rings. The number of carboxylic acid groups (broad SMARTS) is 2. The first-order chi connectivity index (χ1) is 5.14. The molecule has 0 rings (SSSR count). The molecule has 9 heteroatoms. The second-order valence-corrected chi connectivity index (χ2v) is 1.92. The van der Waals surface area contributed by atoms with E-state index in [-0.39, 0.29) is 37.7 Å². The van der Waals surface area contributed by atoms with Crippen molar-refractivity contribution in [3.8, 4) is 0 Å². The number of hydrogen-bond acceptors (Lipinski definition) is 8. The molecule has 0 aliphatic rings. The van der Waals surface area contributed by atoms with Gasteiger partial charge in [0.05, 0.1) is 0 Å². The monoisotopic (exact) mass is 220 g/mol. The number of carbonyl (C=O) groups is 2. The van der Waals surface area contributed by atoms with Gasteiger partial charge in [-0.2, -0.15) is 0 Å². The molecule has 0 aromatic rings. The average molecular weight is 220 g/mol. The molecule has 70 valence electrons. The molecule has 0 aromatic carbocycles. The molecule has 13 heavy (non-hydrogen) atoms. The Morgan fingerprint density at radius 3 is 1.08 bits per heavy atom. The molecule has 0 spiro atoms. The molecule has 0 aliphatic carbocycles. The smallest absolute Gasteiger partial charge is 0.544 e. The molecular formula is C4H4CaO8. The van der Waals surface area contributed by atoms with Crippen LogP contribution in [0.15, 0.2) is 0 Å². The molecule has 4 N–H and O–H groups in total. The van der Waals surface area contributed by atoms with Crippen molar-refractivity contribution in [3.05, 3.63) is 0 Å². The van der Waals surface area contributed by atoms with Crippen LogP contribution in [0.3, 0.4) is 0 Å². The second kappa shape index (κ2) is 4.51. The number of rotatable bonds is 3. The summed E-state index contributed by atoms with van der Waals surface area (Å²) in [5.74, 6) is -14.2. The molecule has 0 aromatic heterocycles. The molecule has 0 bridgehead atoms. The maximum absolute atomic E-state index is 9.75. The van der Waals surface area contributed by atoms with E-state index >= 15 is 0 Å². The van der Waals surface area contributed by atoms with E-state index in [4.69, 9.17) is 20.4 Å². The minimum Gasteiger partial charge on any atom is -0.544 e. The molecule has 0 heterocycles. The molecule has 0 saturated carbocycles. The van der Waals surface area contributed by atoms with Gasteiger partial charge in [-0.25, -0.2) is 0 Å². The molecule has 8 nitrogen and oxygen atoms in total. The third-order valence-corrected chi connectivity index (χ3v) is 1.06. The normalized spacial score (nSPS) is 11.7. The van der Waals surface area contributed by atoms with E-state index in [0.717, 1.165) is 0 Å². The van der Waals surface area contributed by atoms with Crippen LogP contribution in [0.2, 0.25) is 0 Å². The molecule has 0 unspecified atom stereocenters. The van der Waals surface area contributed by atoms with Crippen LogP contribution < -0.4 is 10.2 Å². The van der Waals surface area contributed by atoms with Gasteiger partial charge in [-0.05, 0) is 0 Å². The maximum atomic E-state index is 9.75. The van der Waals surface area contributed by atoms with E-state index < -0.39 is 23.5 Å². The van der Waals surface area contributed by atoms with E-state index in [1.807, 2.05) is 0 Å². The third kappa shape index (κ3) is 2.74. The third-order valence-electron chi connectivity index (χ3n) is 1.06. The van der Waals surface area contributed by atoms with Crippen LogP contribution in [0, 0.1) is 0 Å². The van der Waals surface area contributed by atoms with Gasteiger partial charge < -0.3 is 40.2 Å². The first-order valence-electron chi connectivity index (χ1n) is 2.46. The summed E-state index contributed by atoms with van der Waals surface area (Å²) in [7, 11) is 0. The Labute approximate surface area is 101 Å². The van der Waals surface area contributed by atoms with Crippen molar-refractivity contribution in [3.63, 3.8) is 0 Å². The molecule has 0 radical (unpaired) electrons. The van der Waals surface area contributed by atoms with Crippen LogP contribution in [0.1, 0.15) is 0 Å². The largest absolute Gasteiger partial charge is 2.00 e. The topological polar surface area (TPSA) is 161 Å². The molecule has 0 atom stereocenters. The van der Waals surface area contributed by atoms with Crippen LogP contribution in [-0.2, 0) is 9.59 Å². The van der Waals surface area contributed by atoms with Gasteiger partial charge >= 0.3 is 37.7 Å². The summed E-state index contributed by atoms with van der Waals surface area (Å²) in [5.41, 5.74) is 0. The first-order valence-corrected chi connectivity index (χ1v) is 2.46. The van der Waals surface area contributed by atoms with E-state index in [1.54, 1.807) is 0 Å². The van der Waals surface area contributed by atoms with Gasteiger partial charge in [-0.3, -0.25) is 0 Å². The Kier molecular flexibility index (Phi) is 5.38. The summed E-state index contributed by atoms with van der Waals surface area (Å²) in [6.07, 6.45) is 0. The summed E-state index contributed by atoms with van der Waals surface area (Å²) in [4.78, 5) is 19.5. The maximum Gasteiger partial charge on any atom is 2.00 e. The van der Waals surface area contributed by atoms with Gasteiger partial charge in [-0.15, -0.1) is 0 Å². The fourth-order valence-electron chi connectivity index (χ4n) is 0.285. The zero-order chi connectivity index (χ0) is 10.2. The predicted octanol–water partition coefficient (Wildman–Crippen LogP) is -6.53. The van der Waals surface area contributed by atoms with Gasteiger partial charge in [0.1, 0.15) is 11.9 Å². The second-order valence-electron chi connectivity index (χ2n) is 1.92. The number of carbonyl (C=O) groups excluding carboxylic acids is 2. The van der Waals surface area contributed by atoms with Gasteiger partial charge in [0, 0.05) is 0 Å². The Morgan fingerprint density at radius 2 is 1.00 bits per heavy atom. The summed E-state index contributed by atoms with van der Waals surface area (Å²) >= 11 is 0. The Bertz CT molecular complexity index is 196. The minimum absolute atomic E-state index is 0. The van der Waals surface area contributed by atoms with E-state index in [9.17, 15) is 19.8 Å². The predicted molar refractivity (Wildman–Crippen MR) is 30.1 cm³/mol. The fourth-order valence-corrected chi connectivity index (χ4v) is 0.285. The van der Waals surface area contributed by atoms with Crippen molar-refractivity contribution in [1.29, 1.82) is 0 Å². The summed E-state index contributed by atoms with van der Waals surface area (Å²) in [6.45, 7) is 0. The van der Waals surface area contributed by atoms with Crippen molar-refractivity contribution in [1.82, 2.24) is 0 Å². The number of aliphatic hydroxyl groups is 4. The van der Waals surface area contributed by atoms with Gasteiger partial charge in [0.15, 0.2) is 0 Å².